The van der Waals surface area contributed by atoms with E-state index in [1.165, 1.54) is 12.8 Å². The van der Waals surface area contributed by atoms with Gasteiger partial charge in [0.1, 0.15) is 4.99 Å². The zero-order valence-electron chi connectivity index (χ0n) is 11.7. The molecule has 1 aromatic rings. The first-order valence-electron chi connectivity index (χ1n) is 6.71. The van der Waals surface area contributed by atoms with E-state index in [1.807, 2.05) is 0 Å². The first kappa shape index (κ1) is 15.4. The van der Waals surface area contributed by atoms with E-state index in [4.69, 9.17) is 18.0 Å². The fraction of sp³-hybridized carbons (Fsp3) is 0.500. The predicted octanol–water partition coefficient (Wildman–Crippen LogP) is 1.95. The molecule has 4 nitrogen and oxygen atoms in total. The van der Waals surface area contributed by atoms with Gasteiger partial charge in [-0.25, -0.2) is 13.1 Å². The van der Waals surface area contributed by atoms with Crippen LogP contribution in [0.25, 0.3) is 0 Å². The Morgan fingerprint density at radius 3 is 2.70 bits per heavy atom. The molecule has 1 atom stereocenters. The Morgan fingerprint density at radius 1 is 1.50 bits per heavy atom. The van der Waals surface area contributed by atoms with Crippen LogP contribution in [0.2, 0.25) is 0 Å². The van der Waals surface area contributed by atoms with E-state index >= 15 is 0 Å². The van der Waals surface area contributed by atoms with E-state index in [1.54, 1.807) is 25.1 Å². The molecule has 1 aliphatic carbocycles. The summed E-state index contributed by atoms with van der Waals surface area (Å²) >= 11 is 4.90. The summed E-state index contributed by atoms with van der Waals surface area (Å²) in [5.41, 5.74) is 6.82. The fourth-order valence-electron chi connectivity index (χ4n) is 2.19. The Morgan fingerprint density at radius 2 is 2.15 bits per heavy atom. The third kappa shape index (κ3) is 3.56. The van der Waals surface area contributed by atoms with Crippen molar-refractivity contribution in [2.45, 2.75) is 31.6 Å². The molecule has 2 rings (SSSR count). The summed E-state index contributed by atoms with van der Waals surface area (Å²) in [5, 5.41) is 0. The van der Waals surface area contributed by atoms with Crippen molar-refractivity contribution in [3.05, 3.63) is 29.3 Å². The van der Waals surface area contributed by atoms with Crippen molar-refractivity contribution in [1.29, 1.82) is 0 Å². The van der Waals surface area contributed by atoms with Crippen LogP contribution in [0.3, 0.4) is 0 Å². The Kier molecular flexibility index (Phi) is 4.46. The minimum Gasteiger partial charge on any atom is -0.389 e. The van der Waals surface area contributed by atoms with Crippen molar-refractivity contribution in [2.75, 3.05) is 6.54 Å². The maximum atomic E-state index is 12.4. The van der Waals surface area contributed by atoms with Crippen molar-refractivity contribution >= 4 is 27.2 Å². The van der Waals surface area contributed by atoms with E-state index in [9.17, 15) is 8.42 Å². The number of thiocarbonyl (C=S) groups is 1. The van der Waals surface area contributed by atoms with Crippen LogP contribution >= 0.6 is 12.2 Å². The van der Waals surface area contributed by atoms with Crippen LogP contribution in [0, 0.1) is 18.8 Å². The topological polar surface area (TPSA) is 72.2 Å². The second kappa shape index (κ2) is 5.79. The molecule has 1 saturated carbocycles. The van der Waals surface area contributed by atoms with Crippen LogP contribution in [-0.4, -0.2) is 20.0 Å². The average Bonchev–Trinajstić information content (AvgIpc) is 3.20. The third-order valence-corrected chi connectivity index (χ3v) is 5.59. The van der Waals surface area contributed by atoms with Crippen molar-refractivity contribution in [2.24, 2.45) is 17.6 Å². The lowest BCUT2D eigenvalue weighted by Gasteiger charge is -2.14. The molecule has 1 aliphatic rings. The van der Waals surface area contributed by atoms with E-state index in [-0.39, 0.29) is 9.88 Å². The SMILES string of the molecule is Cc1ccc(C(N)=S)cc1S(=O)(=O)NCC(C)C1CC1. The molecule has 20 heavy (non-hydrogen) atoms. The van der Waals surface area contributed by atoms with Crippen LogP contribution in [0.4, 0.5) is 0 Å². The normalized spacial score (nSPS) is 16.9. The van der Waals surface area contributed by atoms with Gasteiger partial charge in [-0.1, -0.05) is 31.3 Å². The highest BCUT2D eigenvalue weighted by Crippen LogP contribution is 2.36. The highest BCUT2D eigenvalue weighted by Gasteiger charge is 2.29. The minimum atomic E-state index is -3.51. The fourth-order valence-corrected chi connectivity index (χ4v) is 3.73. The summed E-state index contributed by atoms with van der Waals surface area (Å²) in [6, 6.07) is 5.01. The summed E-state index contributed by atoms with van der Waals surface area (Å²) in [7, 11) is -3.51. The van der Waals surface area contributed by atoms with E-state index in [0.717, 1.165) is 0 Å². The van der Waals surface area contributed by atoms with Gasteiger partial charge in [0, 0.05) is 12.1 Å². The molecule has 0 spiro atoms. The molecule has 0 heterocycles. The summed E-state index contributed by atoms with van der Waals surface area (Å²) in [6.07, 6.45) is 2.41. The molecule has 0 radical (unpaired) electrons. The summed E-state index contributed by atoms with van der Waals surface area (Å²) in [6.45, 7) is 4.32. The molecule has 0 amide bonds. The quantitative estimate of drug-likeness (QED) is 0.788. The molecule has 0 aliphatic heterocycles. The van der Waals surface area contributed by atoms with Gasteiger partial charge in [-0.3, -0.25) is 0 Å². The number of hydrogen-bond acceptors (Lipinski definition) is 3. The number of benzene rings is 1. The largest absolute Gasteiger partial charge is 0.389 e. The second-order valence-corrected chi connectivity index (χ2v) is 7.69. The van der Waals surface area contributed by atoms with Gasteiger partial charge >= 0.3 is 0 Å². The van der Waals surface area contributed by atoms with Crippen molar-refractivity contribution in [3.8, 4) is 0 Å². The summed E-state index contributed by atoms with van der Waals surface area (Å²) in [4.78, 5) is 0.457. The lowest BCUT2D eigenvalue weighted by molar-refractivity contribution is 0.491. The van der Waals surface area contributed by atoms with Gasteiger partial charge in [0.05, 0.1) is 4.90 Å². The van der Waals surface area contributed by atoms with Crippen LogP contribution in [0.1, 0.15) is 30.9 Å². The van der Waals surface area contributed by atoms with Crippen molar-refractivity contribution in [3.63, 3.8) is 0 Å². The number of nitrogens with one attached hydrogen (secondary N) is 1. The Bertz CT molecular complexity index is 622. The number of sulfonamides is 1. The second-order valence-electron chi connectivity index (χ2n) is 5.51. The van der Waals surface area contributed by atoms with Gasteiger partial charge in [-0.05, 0) is 43.2 Å². The lowest BCUT2D eigenvalue weighted by atomic mass is 10.1. The van der Waals surface area contributed by atoms with E-state index in [0.29, 0.717) is 29.5 Å². The lowest BCUT2D eigenvalue weighted by Crippen LogP contribution is -2.30. The van der Waals surface area contributed by atoms with Crippen LogP contribution < -0.4 is 10.5 Å². The van der Waals surface area contributed by atoms with Crippen molar-refractivity contribution < 1.29 is 8.42 Å². The number of rotatable bonds is 6. The highest BCUT2D eigenvalue weighted by atomic mass is 32.2. The Balaban J connectivity index is 2.19. The van der Waals surface area contributed by atoms with Gasteiger partial charge in [0.15, 0.2) is 0 Å². The predicted molar refractivity (Wildman–Crippen MR) is 84.1 cm³/mol. The van der Waals surface area contributed by atoms with Gasteiger partial charge in [0.2, 0.25) is 10.0 Å². The Labute approximate surface area is 125 Å². The third-order valence-electron chi connectivity index (χ3n) is 3.78. The standard InChI is InChI=1S/C14H20N2O2S2/c1-9-3-4-12(14(15)19)7-13(9)20(17,18)16-8-10(2)11-5-6-11/h3-4,7,10-11,16H,5-6,8H2,1-2H3,(H2,15,19). The van der Waals surface area contributed by atoms with Gasteiger partial charge in [-0.15, -0.1) is 0 Å². The molecular weight excluding hydrogens is 292 g/mol. The van der Waals surface area contributed by atoms with Crippen LogP contribution in [-0.2, 0) is 10.0 Å². The molecule has 6 heteroatoms. The minimum absolute atomic E-state index is 0.202. The van der Waals surface area contributed by atoms with E-state index < -0.39 is 10.0 Å². The zero-order chi connectivity index (χ0) is 14.9. The zero-order valence-corrected chi connectivity index (χ0v) is 13.4. The van der Waals surface area contributed by atoms with Crippen LogP contribution in [0.5, 0.6) is 0 Å². The number of hydrogen-bond donors (Lipinski definition) is 2. The first-order valence-corrected chi connectivity index (χ1v) is 8.60. The van der Waals surface area contributed by atoms with Crippen molar-refractivity contribution in [1.82, 2.24) is 4.72 Å². The molecule has 0 bridgehead atoms. The molecule has 1 aromatic carbocycles. The first-order chi connectivity index (χ1) is 9.31. The van der Waals surface area contributed by atoms with Gasteiger partial charge in [-0.2, -0.15) is 0 Å². The molecule has 1 fully saturated rings. The summed E-state index contributed by atoms with van der Waals surface area (Å²) in [5.74, 6) is 1.05. The van der Waals surface area contributed by atoms with Crippen LogP contribution in [0.15, 0.2) is 23.1 Å². The smallest absolute Gasteiger partial charge is 0.240 e. The molecule has 1 unspecified atom stereocenters. The highest BCUT2D eigenvalue weighted by molar-refractivity contribution is 7.89. The summed E-state index contributed by atoms with van der Waals surface area (Å²) < 4.78 is 27.5. The Hall–Kier alpha value is -0.980. The van der Waals surface area contributed by atoms with Gasteiger partial charge in [0.25, 0.3) is 0 Å². The number of aryl methyl sites for hydroxylation is 1. The van der Waals surface area contributed by atoms with Gasteiger partial charge < -0.3 is 5.73 Å². The molecular formula is C14H20N2O2S2. The molecule has 110 valence electrons. The van der Waals surface area contributed by atoms with E-state index in [2.05, 4.69) is 11.6 Å². The molecule has 0 aromatic heterocycles. The number of nitrogens with two attached hydrogens (primary N) is 1. The average molecular weight is 312 g/mol. The molecule has 0 saturated heterocycles. The molecule has 3 N–H and O–H groups in total. The maximum Gasteiger partial charge on any atom is 0.240 e. The monoisotopic (exact) mass is 312 g/mol. The maximum absolute atomic E-state index is 12.4.